The smallest absolute Gasteiger partial charge is 0.0672 e. The lowest BCUT2D eigenvalue weighted by atomic mass is 9.75. The van der Waals surface area contributed by atoms with Gasteiger partial charge in [-0.2, -0.15) is 0 Å². The molecule has 0 bridgehead atoms. The molecule has 1 aliphatic heterocycles. The van der Waals surface area contributed by atoms with Gasteiger partial charge in [-0.25, -0.2) is 0 Å². The second-order valence-electron chi connectivity index (χ2n) is 6.49. The summed E-state index contributed by atoms with van der Waals surface area (Å²) >= 11 is 0. The van der Waals surface area contributed by atoms with Gasteiger partial charge in [0.15, 0.2) is 0 Å². The summed E-state index contributed by atoms with van der Waals surface area (Å²) in [5, 5.41) is 3.76. The van der Waals surface area contributed by atoms with Crippen molar-refractivity contribution < 1.29 is 9.47 Å². The van der Waals surface area contributed by atoms with Crippen molar-refractivity contribution in [1.29, 1.82) is 0 Å². The Morgan fingerprint density at radius 1 is 1.28 bits per heavy atom. The van der Waals surface area contributed by atoms with Gasteiger partial charge >= 0.3 is 0 Å². The van der Waals surface area contributed by atoms with Crippen molar-refractivity contribution in [1.82, 2.24) is 5.32 Å². The molecular formula is C15H27NO2. The Kier molecular flexibility index (Phi) is 3.92. The number of hydrogen-bond acceptors (Lipinski definition) is 3. The molecule has 0 amide bonds. The second kappa shape index (κ2) is 5.48. The predicted octanol–water partition coefficient (Wildman–Crippen LogP) is 2.35. The fraction of sp³-hybridized carbons (Fsp3) is 1.00. The summed E-state index contributed by atoms with van der Waals surface area (Å²) in [5.41, 5.74) is 0.405. The van der Waals surface area contributed by atoms with Crippen LogP contribution in [-0.2, 0) is 9.47 Å². The maximum Gasteiger partial charge on any atom is 0.0672 e. The molecule has 3 aliphatic rings. The zero-order chi connectivity index (χ0) is 12.4. The molecule has 2 saturated carbocycles. The van der Waals surface area contributed by atoms with E-state index < -0.39 is 0 Å². The van der Waals surface area contributed by atoms with Crippen LogP contribution >= 0.6 is 0 Å². The van der Waals surface area contributed by atoms with Gasteiger partial charge in [0.25, 0.3) is 0 Å². The number of rotatable bonds is 8. The topological polar surface area (TPSA) is 30.5 Å². The number of ether oxygens (including phenoxy) is 2. The third kappa shape index (κ3) is 2.89. The van der Waals surface area contributed by atoms with Crippen LogP contribution in [0, 0.1) is 11.3 Å². The van der Waals surface area contributed by atoms with Crippen molar-refractivity contribution in [2.45, 2.75) is 57.1 Å². The Labute approximate surface area is 111 Å². The summed E-state index contributed by atoms with van der Waals surface area (Å²) in [5.74, 6) is 0.857. The minimum absolute atomic E-state index is 0.405. The lowest BCUT2D eigenvalue weighted by Gasteiger charge is -2.35. The highest BCUT2D eigenvalue weighted by Gasteiger charge is 2.50. The molecular weight excluding hydrogens is 226 g/mol. The largest absolute Gasteiger partial charge is 0.385 e. The molecule has 0 radical (unpaired) electrons. The standard InChI is InChI=1S/C15H27NO2/c1-17-9-2-7-15(11-16-13-5-6-13)8-10-18-14(15)12-3-4-12/h12-14,16H,2-11H2,1H3. The van der Waals surface area contributed by atoms with Crippen LogP contribution in [-0.4, -0.2) is 39.0 Å². The van der Waals surface area contributed by atoms with Crippen LogP contribution in [0.15, 0.2) is 0 Å². The molecule has 1 saturated heterocycles. The summed E-state index contributed by atoms with van der Waals surface area (Å²) in [7, 11) is 1.80. The van der Waals surface area contributed by atoms with E-state index >= 15 is 0 Å². The third-order valence-corrected chi connectivity index (χ3v) is 4.89. The molecule has 1 heterocycles. The Morgan fingerprint density at radius 2 is 2.11 bits per heavy atom. The van der Waals surface area contributed by atoms with E-state index in [0.717, 1.165) is 25.2 Å². The Morgan fingerprint density at radius 3 is 2.78 bits per heavy atom. The van der Waals surface area contributed by atoms with E-state index in [1.165, 1.54) is 51.5 Å². The fourth-order valence-corrected chi connectivity index (χ4v) is 3.49. The number of nitrogens with one attached hydrogen (secondary N) is 1. The first kappa shape index (κ1) is 12.9. The minimum atomic E-state index is 0.405. The Hall–Kier alpha value is -0.120. The molecule has 0 spiro atoms. The second-order valence-corrected chi connectivity index (χ2v) is 6.49. The molecule has 104 valence electrons. The van der Waals surface area contributed by atoms with Gasteiger partial charge in [-0.15, -0.1) is 0 Å². The van der Waals surface area contributed by atoms with Gasteiger partial charge < -0.3 is 14.8 Å². The van der Waals surface area contributed by atoms with E-state index in [-0.39, 0.29) is 0 Å². The lowest BCUT2D eigenvalue weighted by molar-refractivity contribution is 0.0221. The third-order valence-electron chi connectivity index (χ3n) is 4.89. The van der Waals surface area contributed by atoms with Crippen LogP contribution in [0.1, 0.15) is 44.9 Å². The van der Waals surface area contributed by atoms with Crippen molar-refractivity contribution in [2.75, 3.05) is 26.9 Å². The predicted molar refractivity (Wildman–Crippen MR) is 71.6 cm³/mol. The van der Waals surface area contributed by atoms with Gasteiger partial charge in [0.1, 0.15) is 0 Å². The van der Waals surface area contributed by atoms with E-state index in [0.29, 0.717) is 11.5 Å². The maximum absolute atomic E-state index is 6.10. The van der Waals surface area contributed by atoms with Gasteiger partial charge in [0.2, 0.25) is 0 Å². The molecule has 0 aromatic carbocycles. The van der Waals surface area contributed by atoms with Crippen LogP contribution in [0.3, 0.4) is 0 Å². The molecule has 3 heteroatoms. The maximum atomic E-state index is 6.10. The van der Waals surface area contributed by atoms with Crippen molar-refractivity contribution in [3.63, 3.8) is 0 Å². The summed E-state index contributed by atoms with van der Waals surface area (Å²) < 4.78 is 11.3. The molecule has 2 atom stereocenters. The molecule has 3 fully saturated rings. The van der Waals surface area contributed by atoms with E-state index in [1.807, 2.05) is 0 Å². The van der Waals surface area contributed by atoms with Crippen molar-refractivity contribution in [2.24, 2.45) is 11.3 Å². The Bertz CT molecular complexity index is 276. The van der Waals surface area contributed by atoms with Crippen molar-refractivity contribution in [3.05, 3.63) is 0 Å². The van der Waals surface area contributed by atoms with E-state index in [1.54, 1.807) is 7.11 Å². The number of hydrogen-bond donors (Lipinski definition) is 1. The first-order chi connectivity index (χ1) is 8.84. The van der Waals surface area contributed by atoms with Crippen LogP contribution in [0.5, 0.6) is 0 Å². The summed E-state index contributed by atoms with van der Waals surface area (Å²) in [6.45, 7) is 3.03. The molecule has 0 aromatic rings. The van der Waals surface area contributed by atoms with Gasteiger partial charge in [-0.3, -0.25) is 0 Å². The number of methoxy groups -OCH3 is 1. The zero-order valence-corrected chi connectivity index (χ0v) is 11.6. The lowest BCUT2D eigenvalue weighted by Crippen LogP contribution is -2.42. The monoisotopic (exact) mass is 253 g/mol. The van der Waals surface area contributed by atoms with Gasteiger partial charge in [0, 0.05) is 38.3 Å². The average molecular weight is 253 g/mol. The van der Waals surface area contributed by atoms with Crippen molar-refractivity contribution in [3.8, 4) is 0 Å². The fourth-order valence-electron chi connectivity index (χ4n) is 3.49. The van der Waals surface area contributed by atoms with E-state index in [2.05, 4.69) is 5.32 Å². The Balaban J connectivity index is 1.60. The molecule has 2 unspecified atom stereocenters. The molecule has 0 aromatic heterocycles. The molecule has 2 aliphatic carbocycles. The van der Waals surface area contributed by atoms with Gasteiger partial charge in [0.05, 0.1) is 6.10 Å². The van der Waals surface area contributed by atoms with Crippen LogP contribution in [0.25, 0.3) is 0 Å². The van der Waals surface area contributed by atoms with E-state index in [9.17, 15) is 0 Å². The van der Waals surface area contributed by atoms with Gasteiger partial charge in [-0.05, 0) is 50.9 Å². The van der Waals surface area contributed by atoms with Crippen LogP contribution < -0.4 is 5.32 Å². The molecule has 1 N–H and O–H groups in total. The molecule has 3 nitrogen and oxygen atoms in total. The average Bonchev–Trinajstić information content (AvgIpc) is 3.28. The SMILES string of the molecule is COCCCC1(CNC2CC2)CCOC1C1CC1. The highest BCUT2D eigenvalue weighted by molar-refractivity contribution is 5.01. The quantitative estimate of drug-likeness (QED) is 0.674. The van der Waals surface area contributed by atoms with Crippen LogP contribution in [0.4, 0.5) is 0 Å². The summed E-state index contributed by atoms with van der Waals surface area (Å²) in [6, 6.07) is 0.810. The normalized spacial score (nSPS) is 36.2. The summed E-state index contributed by atoms with van der Waals surface area (Å²) in [4.78, 5) is 0. The summed E-state index contributed by atoms with van der Waals surface area (Å²) in [6.07, 6.45) is 9.75. The molecule has 3 rings (SSSR count). The van der Waals surface area contributed by atoms with Crippen molar-refractivity contribution >= 4 is 0 Å². The van der Waals surface area contributed by atoms with E-state index in [4.69, 9.17) is 9.47 Å². The van der Waals surface area contributed by atoms with Gasteiger partial charge in [-0.1, -0.05) is 0 Å². The molecule has 18 heavy (non-hydrogen) atoms. The highest BCUT2D eigenvalue weighted by Crippen LogP contribution is 2.50. The first-order valence-corrected chi connectivity index (χ1v) is 7.68. The van der Waals surface area contributed by atoms with Crippen LogP contribution in [0.2, 0.25) is 0 Å². The minimum Gasteiger partial charge on any atom is -0.385 e. The zero-order valence-electron chi connectivity index (χ0n) is 11.6. The highest BCUT2D eigenvalue weighted by atomic mass is 16.5. The first-order valence-electron chi connectivity index (χ1n) is 7.68.